The summed E-state index contributed by atoms with van der Waals surface area (Å²) >= 11 is 0. The number of hydrogen-bond acceptors (Lipinski definition) is 5. The number of para-hydroxylation sites is 1. The number of ether oxygens (including phenoxy) is 5. The van der Waals surface area contributed by atoms with Crippen molar-refractivity contribution in [2.24, 2.45) is 0 Å². The topological polar surface area (TPSA) is 46.2 Å². The molecule has 1 aromatic rings. The van der Waals surface area contributed by atoms with E-state index in [1.165, 1.54) is 0 Å². The molecule has 0 aromatic heterocycles. The van der Waals surface area contributed by atoms with E-state index in [1.54, 1.807) is 7.11 Å². The number of benzene rings is 1. The van der Waals surface area contributed by atoms with Crippen molar-refractivity contribution in [3.63, 3.8) is 0 Å². The molecule has 5 nitrogen and oxygen atoms in total. The highest BCUT2D eigenvalue weighted by Gasteiger charge is 2.58. The summed E-state index contributed by atoms with van der Waals surface area (Å²) in [6.45, 7) is 9.34. The van der Waals surface area contributed by atoms with Crippen LogP contribution in [0.25, 0.3) is 0 Å². The largest absolute Gasteiger partial charge is 0.485 e. The van der Waals surface area contributed by atoms with Gasteiger partial charge in [0.1, 0.15) is 18.0 Å². The second-order valence-corrected chi connectivity index (χ2v) is 6.48. The van der Waals surface area contributed by atoms with Crippen molar-refractivity contribution < 1.29 is 23.7 Å². The molecular weight excluding hydrogens is 308 g/mol. The maximum atomic E-state index is 6.20. The summed E-state index contributed by atoms with van der Waals surface area (Å²) in [4.78, 5) is 0. The molecule has 0 aliphatic carbocycles. The summed E-state index contributed by atoms with van der Waals surface area (Å²) in [5.41, 5.74) is 3.73. The van der Waals surface area contributed by atoms with Gasteiger partial charge < -0.3 is 23.7 Å². The highest BCUT2D eigenvalue weighted by molar-refractivity contribution is 5.23. The van der Waals surface area contributed by atoms with Crippen molar-refractivity contribution >= 4 is 0 Å². The molecule has 1 aromatic carbocycles. The third kappa shape index (κ3) is 3.27. The Balaban J connectivity index is 1.89. The van der Waals surface area contributed by atoms with Gasteiger partial charge in [-0.1, -0.05) is 24.8 Å². The lowest BCUT2D eigenvalue weighted by molar-refractivity contribution is -0.222. The van der Waals surface area contributed by atoms with Crippen LogP contribution in [0.1, 0.15) is 20.8 Å². The Kier molecular flexibility index (Phi) is 4.81. The first-order valence-electron chi connectivity index (χ1n) is 8.07. The highest BCUT2D eigenvalue weighted by Crippen LogP contribution is 2.41. The molecule has 0 spiro atoms. The second-order valence-electron chi connectivity index (χ2n) is 6.48. The molecule has 2 aliphatic rings. The Morgan fingerprint density at radius 2 is 1.96 bits per heavy atom. The molecule has 130 valence electrons. The fourth-order valence-electron chi connectivity index (χ4n) is 3.20. The van der Waals surface area contributed by atoms with Gasteiger partial charge in [-0.15, -0.1) is 5.73 Å². The molecule has 0 bridgehead atoms. The van der Waals surface area contributed by atoms with E-state index in [0.717, 1.165) is 11.3 Å². The average Bonchev–Trinajstić information content (AvgIpc) is 3.02. The lowest BCUT2D eigenvalue weighted by Gasteiger charge is -2.30. The molecular formula is C19H24O5. The molecule has 5 heteroatoms. The summed E-state index contributed by atoms with van der Waals surface area (Å²) in [7, 11) is 1.63. The molecule has 0 saturated carbocycles. The van der Waals surface area contributed by atoms with Gasteiger partial charge in [0.15, 0.2) is 24.3 Å². The van der Waals surface area contributed by atoms with E-state index in [4.69, 9.17) is 23.7 Å². The molecule has 0 radical (unpaired) electrons. The zero-order valence-electron chi connectivity index (χ0n) is 14.5. The van der Waals surface area contributed by atoms with Crippen LogP contribution in [0.3, 0.4) is 0 Å². The van der Waals surface area contributed by atoms with E-state index in [-0.39, 0.29) is 24.4 Å². The first-order valence-corrected chi connectivity index (χ1v) is 8.07. The van der Waals surface area contributed by atoms with Crippen molar-refractivity contribution in [3.05, 3.63) is 48.2 Å². The molecule has 5 atom stereocenters. The van der Waals surface area contributed by atoms with E-state index in [1.807, 2.05) is 51.1 Å². The lowest BCUT2D eigenvalue weighted by Crippen LogP contribution is -2.45. The van der Waals surface area contributed by atoms with Gasteiger partial charge in [0.05, 0.1) is 0 Å². The first kappa shape index (κ1) is 17.2. The van der Waals surface area contributed by atoms with E-state index in [0.29, 0.717) is 0 Å². The van der Waals surface area contributed by atoms with E-state index in [2.05, 4.69) is 12.3 Å². The van der Waals surface area contributed by atoms with E-state index >= 15 is 0 Å². The maximum Gasteiger partial charge on any atom is 0.191 e. The minimum Gasteiger partial charge on any atom is -0.485 e. The second kappa shape index (κ2) is 6.71. The molecule has 24 heavy (non-hydrogen) atoms. The predicted octanol–water partition coefficient (Wildman–Crippen LogP) is 3.06. The third-order valence-corrected chi connectivity index (χ3v) is 4.30. The lowest BCUT2D eigenvalue weighted by atomic mass is 10.0. The fourth-order valence-corrected chi connectivity index (χ4v) is 3.20. The number of fused-ring (bicyclic) bond motifs is 1. The summed E-state index contributed by atoms with van der Waals surface area (Å²) in [5, 5.41) is 0. The predicted molar refractivity (Wildman–Crippen MR) is 88.7 cm³/mol. The monoisotopic (exact) mass is 332 g/mol. The Hall–Kier alpha value is -1.62. The van der Waals surface area contributed by atoms with Gasteiger partial charge in [-0.3, -0.25) is 0 Å². The minimum atomic E-state index is -0.704. The normalized spacial score (nSPS) is 32.0. The van der Waals surface area contributed by atoms with Gasteiger partial charge >= 0.3 is 0 Å². The van der Waals surface area contributed by atoms with Crippen LogP contribution >= 0.6 is 0 Å². The Morgan fingerprint density at radius 1 is 1.25 bits per heavy atom. The van der Waals surface area contributed by atoms with Gasteiger partial charge in [-0.2, -0.15) is 0 Å². The molecule has 3 rings (SSSR count). The highest BCUT2D eigenvalue weighted by atomic mass is 16.8. The van der Waals surface area contributed by atoms with E-state index in [9.17, 15) is 0 Å². The van der Waals surface area contributed by atoms with Crippen LogP contribution in [0.5, 0.6) is 5.75 Å². The van der Waals surface area contributed by atoms with Gasteiger partial charge in [0, 0.05) is 7.11 Å². The number of hydrogen-bond donors (Lipinski definition) is 0. The summed E-state index contributed by atoms with van der Waals surface area (Å²) < 4.78 is 29.8. The quantitative estimate of drug-likeness (QED) is 0.776. The van der Waals surface area contributed by atoms with Gasteiger partial charge in [0.2, 0.25) is 0 Å². The SMILES string of the molecule is C=C=C(C)[C@@H](OC)C1O[C@@H]2OC(C)(C)O[C@@H]2[C@H]1Oc1ccccc1. The van der Waals surface area contributed by atoms with Crippen molar-refractivity contribution in [1.29, 1.82) is 0 Å². The van der Waals surface area contributed by atoms with E-state index < -0.39 is 12.1 Å². The van der Waals surface area contributed by atoms with Crippen molar-refractivity contribution in [3.8, 4) is 5.75 Å². The zero-order valence-corrected chi connectivity index (χ0v) is 14.5. The van der Waals surface area contributed by atoms with Crippen LogP contribution < -0.4 is 4.74 Å². The molecule has 0 amide bonds. The molecule has 1 unspecified atom stereocenters. The van der Waals surface area contributed by atoms with Crippen molar-refractivity contribution in [1.82, 2.24) is 0 Å². The number of methoxy groups -OCH3 is 1. The standard InChI is InChI=1S/C19H24O5/c1-6-12(2)14(20-5)15-16(21-13-10-8-7-9-11-13)17-18(22-15)24-19(3,4)23-17/h7-11,14-18H,1H2,2-5H3/t14-,15?,16+,17-,18-/m1/s1. The van der Waals surface area contributed by atoms with Crippen LogP contribution in [-0.2, 0) is 18.9 Å². The van der Waals surface area contributed by atoms with Gasteiger partial charge in [0.25, 0.3) is 0 Å². The molecule has 2 heterocycles. The average molecular weight is 332 g/mol. The summed E-state index contributed by atoms with van der Waals surface area (Å²) in [6, 6.07) is 9.61. The smallest absolute Gasteiger partial charge is 0.191 e. The number of rotatable bonds is 5. The Morgan fingerprint density at radius 3 is 2.58 bits per heavy atom. The van der Waals surface area contributed by atoms with Crippen LogP contribution in [0.4, 0.5) is 0 Å². The zero-order chi connectivity index (χ0) is 17.3. The van der Waals surface area contributed by atoms with Crippen molar-refractivity contribution in [2.45, 2.75) is 57.3 Å². The van der Waals surface area contributed by atoms with Crippen molar-refractivity contribution in [2.75, 3.05) is 7.11 Å². The first-order chi connectivity index (χ1) is 11.4. The van der Waals surface area contributed by atoms with Crippen LogP contribution in [0, 0.1) is 0 Å². The maximum absolute atomic E-state index is 6.20. The van der Waals surface area contributed by atoms with Gasteiger partial charge in [-0.25, -0.2) is 0 Å². The summed E-state index contributed by atoms with van der Waals surface area (Å²) in [5.74, 6) is 0.0463. The Labute approximate surface area is 142 Å². The summed E-state index contributed by atoms with van der Waals surface area (Å²) in [6.07, 6.45) is -1.91. The molecule has 2 fully saturated rings. The Bertz CT molecular complexity index is 620. The molecule has 0 N–H and O–H groups in total. The van der Waals surface area contributed by atoms with Crippen LogP contribution in [-0.4, -0.2) is 43.6 Å². The van der Waals surface area contributed by atoms with Crippen LogP contribution in [0.15, 0.2) is 48.2 Å². The fraction of sp³-hybridized carbons (Fsp3) is 0.526. The molecule has 2 saturated heterocycles. The molecule has 2 aliphatic heterocycles. The minimum absolute atomic E-state index is 0.333. The van der Waals surface area contributed by atoms with Crippen LogP contribution in [0.2, 0.25) is 0 Å². The van der Waals surface area contributed by atoms with Gasteiger partial charge in [-0.05, 0) is 38.5 Å². The third-order valence-electron chi connectivity index (χ3n) is 4.30.